The van der Waals surface area contributed by atoms with Crippen molar-refractivity contribution in [2.75, 3.05) is 7.11 Å². The molecule has 0 heterocycles. The lowest BCUT2D eigenvalue weighted by atomic mass is 9.97. The SMILES string of the molecule is COC1(O)C=CC(C[C@H](N)C(=O)O)=CC1. The first-order valence-electron chi connectivity index (χ1n) is 4.61. The summed E-state index contributed by atoms with van der Waals surface area (Å²) in [6, 6.07) is -0.908. The minimum absolute atomic E-state index is 0.256. The van der Waals surface area contributed by atoms with Crippen LogP contribution in [-0.4, -0.2) is 35.1 Å². The van der Waals surface area contributed by atoms with E-state index in [4.69, 9.17) is 15.6 Å². The predicted molar refractivity (Wildman–Crippen MR) is 54.0 cm³/mol. The van der Waals surface area contributed by atoms with Crippen molar-refractivity contribution < 1.29 is 19.7 Å². The number of carboxylic acid groups (broad SMARTS) is 1. The van der Waals surface area contributed by atoms with E-state index in [-0.39, 0.29) is 6.42 Å². The van der Waals surface area contributed by atoms with Crippen LogP contribution in [0.2, 0.25) is 0 Å². The molecule has 0 spiro atoms. The number of ether oxygens (including phenoxy) is 1. The molecule has 0 fully saturated rings. The van der Waals surface area contributed by atoms with E-state index < -0.39 is 17.8 Å². The average Bonchev–Trinajstić information content (AvgIpc) is 2.21. The molecule has 15 heavy (non-hydrogen) atoms. The highest BCUT2D eigenvalue weighted by Gasteiger charge is 2.24. The molecule has 5 nitrogen and oxygen atoms in total. The smallest absolute Gasteiger partial charge is 0.320 e. The van der Waals surface area contributed by atoms with Crippen LogP contribution in [-0.2, 0) is 9.53 Å². The molecule has 0 radical (unpaired) electrons. The van der Waals surface area contributed by atoms with Gasteiger partial charge in [-0.3, -0.25) is 4.79 Å². The Bertz CT molecular complexity index is 311. The summed E-state index contributed by atoms with van der Waals surface area (Å²) in [6.07, 6.45) is 5.42. The molecular weight excluding hydrogens is 198 g/mol. The first-order valence-corrected chi connectivity index (χ1v) is 4.61. The predicted octanol–water partition coefficient (Wildman–Crippen LogP) is 0.00970. The minimum Gasteiger partial charge on any atom is -0.480 e. The Labute approximate surface area is 87.8 Å². The number of allylic oxidation sites excluding steroid dienone is 1. The van der Waals surface area contributed by atoms with Gasteiger partial charge in [-0.2, -0.15) is 0 Å². The zero-order valence-corrected chi connectivity index (χ0v) is 8.51. The zero-order valence-electron chi connectivity index (χ0n) is 8.51. The molecule has 0 aromatic heterocycles. The van der Waals surface area contributed by atoms with Crippen molar-refractivity contribution >= 4 is 5.97 Å². The second-order valence-corrected chi connectivity index (χ2v) is 3.51. The van der Waals surface area contributed by atoms with Crippen molar-refractivity contribution in [3.8, 4) is 0 Å². The lowest BCUT2D eigenvalue weighted by molar-refractivity contribution is -0.143. The third kappa shape index (κ3) is 3.16. The van der Waals surface area contributed by atoms with Crippen LogP contribution in [0.1, 0.15) is 12.8 Å². The summed E-state index contributed by atoms with van der Waals surface area (Å²) < 4.78 is 4.86. The zero-order chi connectivity index (χ0) is 11.5. The molecule has 4 N–H and O–H groups in total. The molecule has 2 atom stereocenters. The number of aliphatic hydroxyl groups is 1. The molecule has 1 unspecified atom stereocenters. The summed E-state index contributed by atoms with van der Waals surface area (Å²) in [4.78, 5) is 10.5. The van der Waals surface area contributed by atoms with Crippen molar-refractivity contribution in [1.29, 1.82) is 0 Å². The summed E-state index contributed by atoms with van der Waals surface area (Å²) in [6.45, 7) is 0. The third-order valence-electron chi connectivity index (χ3n) is 2.34. The molecule has 0 amide bonds. The summed E-state index contributed by atoms with van der Waals surface area (Å²) in [5, 5.41) is 18.3. The number of carbonyl (C=O) groups is 1. The molecular formula is C10H15NO4. The van der Waals surface area contributed by atoms with Gasteiger partial charge in [0, 0.05) is 13.5 Å². The fourth-order valence-corrected chi connectivity index (χ4v) is 1.29. The molecule has 1 aliphatic carbocycles. The van der Waals surface area contributed by atoms with E-state index in [1.54, 1.807) is 12.2 Å². The summed E-state index contributed by atoms with van der Waals surface area (Å²) in [5.41, 5.74) is 6.18. The van der Waals surface area contributed by atoms with Crippen molar-refractivity contribution in [3.63, 3.8) is 0 Å². The van der Waals surface area contributed by atoms with Crippen LogP contribution in [0.25, 0.3) is 0 Å². The van der Waals surface area contributed by atoms with Crippen LogP contribution in [0, 0.1) is 0 Å². The Kier molecular flexibility index (Phi) is 3.62. The first kappa shape index (κ1) is 11.9. The van der Waals surface area contributed by atoms with Gasteiger partial charge < -0.3 is 20.7 Å². The fourth-order valence-electron chi connectivity index (χ4n) is 1.29. The van der Waals surface area contributed by atoms with Crippen LogP contribution in [0.3, 0.4) is 0 Å². The topological polar surface area (TPSA) is 92.8 Å². The van der Waals surface area contributed by atoms with Gasteiger partial charge in [0.1, 0.15) is 6.04 Å². The largest absolute Gasteiger partial charge is 0.480 e. The number of hydrogen-bond donors (Lipinski definition) is 3. The first-order chi connectivity index (χ1) is 6.97. The lowest BCUT2D eigenvalue weighted by Gasteiger charge is -2.25. The molecule has 0 saturated carbocycles. The van der Waals surface area contributed by atoms with Crippen LogP contribution in [0.5, 0.6) is 0 Å². The normalized spacial score (nSPS) is 27.3. The van der Waals surface area contributed by atoms with E-state index in [1.165, 1.54) is 13.2 Å². The van der Waals surface area contributed by atoms with E-state index in [9.17, 15) is 9.90 Å². The van der Waals surface area contributed by atoms with E-state index in [0.29, 0.717) is 6.42 Å². The highest BCUT2D eigenvalue weighted by atomic mass is 16.6. The third-order valence-corrected chi connectivity index (χ3v) is 2.34. The van der Waals surface area contributed by atoms with Crippen LogP contribution in [0.4, 0.5) is 0 Å². The fraction of sp³-hybridized carbons (Fsp3) is 0.500. The van der Waals surface area contributed by atoms with Crippen LogP contribution in [0.15, 0.2) is 23.8 Å². The van der Waals surface area contributed by atoms with Gasteiger partial charge in [0.25, 0.3) is 0 Å². The van der Waals surface area contributed by atoms with Crippen molar-refractivity contribution in [2.45, 2.75) is 24.7 Å². The Balaban J connectivity index is 2.56. The van der Waals surface area contributed by atoms with Gasteiger partial charge >= 0.3 is 5.97 Å². The highest BCUT2D eigenvalue weighted by molar-refractivity contribution is 5.73. The molecule has 5 heteroatoms. The summed E-state index contributed by atoms with van der Waals surface area (Å²) in [7, 11) is 1.41. The molecule has 0 aromatic rings. The molecule has 84 valence electrons. The van der Waals surface area contributed by atoms with Crippen LogP contribution >= 0.6 is 0 Å². The molecule has 0 aliphatic heterocycles. The molecule has 1 rings (SSSR count). The van der Waals surface area contributed by atoms with Gasteiger partial charge in [0.2, 0.25) is 0 Å². The molecule has 0 bridgehead atoms. The number of carboxylic acids is 1. The monoisotopic (exact) mass is 213 g/mol. The second-order valence-electron chi connectivity index (χ2n) is 3.51. The van der Waals surface area contributed by atoms with Gasteiger partial charge in [0.15, 0.2) is 5.79 Å². The Morgan fingerprint density at radius 2 is 2.47 bits per heavy atom. The van der Waals surface area contributed by atoms with Gasteiger partial charge in [-0.1, -0.05) is 12.2 Å². The van der Waals surface area contributed by atoms with E-state index in [0.717, 1.165) is 5.57 Å². The van der Waals surface area contributed by atoms with Crippen molar-refractivity contribution in [2.24, 2.45) is 5.73 Å². The van der Waals surface area contributed by atoms with Gasteiger partial charge in [-0.15, -0.1) is 0 Å². The molecule has 1 aliphatic rings. The van der Waals surface area contributed by atoms with E-state index >= 15 is 0 Å². The maximum absolute atomic E-state index is 10.5. The highest BCUT2D eigenvalue weighted by Crippen LogP contribution is 2.23. The standard InChI is InChI=1S/C10H15NO4/c1-15-10(14)4-2-7(3-5-10)6-8(11)9(12)13/h2-4,8,14H,5-6,11H2,1H3,(H,12,13)/t8-,10?/m0/s1. The van der Waals surface area contributed by atoms with E-state index in [1.807, 2.05) is 0 Å². The van der Waals surface area contributed by atoms with Gasteiger partial charge in [-0.05, 0) is 18.1 Å². The number of rotatable bonds is 4. The minimum atomic E-state index is -1.27. The number of methoxy groups -OCH3 is 1. The van der Waals surface area contributed by atoms with E-state index in [2.05, 4.69) is 0 Å². The van der Waals surface area contributed by atoms with Gasteiger partial charge in [-0.25, -0.2) is 0 Å². The molecule has 0 saturated heterocycles. The quantitative estimate of drug-likeness (QED) is 0.572. The Morgan fingerprint density at radius 3 is 2.87 bits per heavy atom. The van der Waals surface area contributed by atoms with Crippen molar-refractivity contribution in [3.05, 3.63) is 23.8 Å². The second kappa shape index (κ2) is 4.57. The lowest BCUT2D eigenvalue weighted by Crippen LogP contribution is -2.32. The summed E-state index contributed by atoms with van der Waals surface area (Å²) >= 11 is 0. The number of aliphatic carboxylic acids is 1. The Hall–Kier alpha value is -1.17. The van der Waals surface area contributed by atoms with Crippen molar-refractivity contribution in [1.82, 2.24) is 0 Å². The Morgan fingerprint density at radius 1 is 1.80 bits per heavy atom. The number of nitrogens with two attached hydrogens (primary N) is 1. The molecule has 0 aromatic carbocycles. The van der Waals surface area contributed by atoms with Gasteiger partial charge in [0.05, 0.1) is 0 Å². The maximum Gasteiger partial charge on any atom is 0.320 e. The number of hydrogen-bond acceptors (Lipinski definition) is 4. The summed E-state index contributed by atoms with van der Waals surface area (Å²) in [5.74, 6) is -2.30. The maximum atomic E-state index is 10.5. The van der Waals surface area contributed by atoms with Crippen LogP contribution < -0.4 is 5.73 Å². The average molecular weight is 213 g/mol.